The van der Waals surface area contributed by atoms with Crippen molar-refractivity contribution in [1.29, 1.82) is 0 Å². The number of aliphatic hydroxyl groups is 2. The maximum atomic E-state index is 14.2. The third kappa shape index (κ3) is 22.1. The molecule has 2 aliphatic rings. The van der Waals surface area contributed by atoms with Crippen LogP contribution in [0.15, 0.2) is 81.1 Å². The summed E-state index contributed by atoms with van der Waals surface area (Å²) in [5.74, 6) is -2.30. The molecule has 0 saturated carbocycles. The predicted molar refractivity (Wildman–Crippen MR) is 309 cm³/mol. The first-order valence-corrected chi connectivity index (χ1v) is 29.6. The zero-order chi connectivity index (χ0) is 62.8. The van der Waals surface area contributed by atoms with Crippen LogP contribution in [-0.4, -0.2) is 172 Å². The van der Waals surface area contributed by atoms with E-state index in [4.69, 9.17) is 56.8 Å². The highest BCUT2D eigenvalue weighted by Crippen LogP contribution is 2.36. The second-order valence-corrected chi connectivity index (χ2v) is 20.6. The summed E-state index contributed by atoms with van der Waals surface area (Å²) >= 11 is 0. The number of benzene rings is 2. The van der Waals surface area contributed by atoms with Gasteiger partial charge in [0.1, 0.15) is 24.4 Å². The van der Waals surface area contributed by atoms with E-state index in [1.807, 2.05) is 20.8 Å². The number of hydrogen-bond donors (Lipinski definition) is 2. The van der Waals surface area contributed by atoms with Crippen LogP contribution in [0.1, 0.15) is 146 Å². The summed E-state index contributed by atoms with van der Waals surface area (Å²) in [4.78, 5) is 52.2. The Labute approximate surface area is 501 Å². The standard InChI is InChI=1S/C57H86N12O17/c1-9-14-31-76-46-42(64-68-60)35(6)80-56(79-34-25-19-24-30-41(70)75-8)50(46)84-54(73)48(78-33-16-11-3)44(39(12-4)62-66-58)86-57-51(47(77-32-15-10-2)43(65-69-61)36(7)81-57)85-55(74)49(83-53(72)38-28-22-18-23-29-38)45(40(13-5)63-67-59)82-52(71)37-26-20-17-21-27-37/h17-18,20-23,26-29,35-36,39-40,42-51,54-57,73-74H,9-16,19,24-25,30-34H2,1-8H3/t35?,36?,39-,40-,42-,43-,44?,45?,46?,47?,48-,49-,50-,51-,54-,55-,56+,57-/m1/s1. The van der Waals surface area contributed by atoms with E-state index in [2.05, 4.69) is 40.1 Å². The molecule has 2 heterocycles. The van der Waals surface area contributed by atoms with Gasteiger partial charge in [-0.3, -0.25) is 4.79 Å². The normalized spacial score (nSPS) is 24.7. The van der Waals surface area contributed by atoms with Crippen LogP contribution in [0.2, 0.25) is 0 Å². The van der Waals surface area contributed by atoms with Crippen LogP contribution in [0.4, 0.5) is 0 Å². The van der Waals surface area contributed by atoms with E-state index in [1.165, 1.54) is 31.4 Å². The van der Waals surface area contributed by atoms with Crippen molar-refractivity contribution in [2.75, 3.05) is 33.5 Å². The molecule has 2 saturated heterocycles. The van der Waals surface area contributed by atoms with Crippen molar-refractivity contribution in [2.24, 2.45) is 20.5 Å². The summed E-state index contributed by atoms with van der Waals surface area (Å²) < 4.78 is 75.7. The lowest BCUT2D eigenvalue weighted by atomic mass is 9.95. The number of rotatable bonds is 41. The Morgan fingerprint density at radius 3 is 1.47 bits per heavy atom. The van der Waals surface area contributed by atoms with Crippen LogP contribution in [0, 0.1) is 0 Å². The zero-order valence-electron chi connectivity index (χ0n) is 50.4. The summed E-state index contributed by atoms with van der Waals surface area (Å²) in [7, 11) is 1.32. The minimum atomic E-state index is -2.36. The van der Waals surface area contributed by atoms with E-state index in [0.717, 1.165) is 6.42 Å². The van der Waals surface area contributed by atoms with Gasteiger partial charge >= 0.3 is 17.9 Å². The molecule has 4 rings (SSSR count). The van der Waals surface area contributed by atoms with E-state index in [-0.39, 0.29) is 62.8 Å². The van der Waals surface area contributed by atoms with E-state index in [9.17, 15) is 46.7 Å². The van der Waals surface area contributed by atoms with Crippen LogP contribution >= 0.6 is 0 Å². The van der Waals surface area contributed by atoms with Crippen LogP contribution in [-0.2, 0) is 61.6 Å². The lowest BCUT2D eigenvalue weighted by Gasteiger charge is -2.47. The van der Waals surface area contributed by atoms with Crippen molar-refractivity contribution in [3.8, 4) is 0 Å². The smallest absolute Gasteiger partial charge is 0.338 e. The van der Waals surface area contributed by atoms with Crippen molar-refractivity contribution < 1.29 is 81.4 Å². The zero-order valence-corrected chi connectivity index (χ0v) is 50.4. The Hall–Kier alpha value is -6.35. The fraction of sp³-hybridized carbons (Fsp3) is 0.737. The molecule has 0 amide bonds. The van der Waals surface area contributed by atoms with Crippen LogP contribution in [0.5, 0.6) is 0 Å². The predicted octanol–water partition coefficient (Wildman–Crippen LogP) is 10.6. The molecule has 86 heavy (non-hydrogen) atoms. The number of nitrogens with zero attached hydrogens (tertiary/aromatic N) is 12. The van der Waals surface area contributed by atoms with Crippen molar-refractivity contribution >= 4 is 17.9 Å². The first-order chi connectivity index (χ1) is 41.7. The van der Waals surface area contributed by atoms with E-state index < -0.39 is 122 Å². The molecule has 2 N–H and O–H groups in total. The molecule has 0 bridgehead atoms. The maximum absolute atomic E-state index is 14.2. The molecule has 18 atom stereocenters. The van der Waals surface area contributed by atoms with E-state index in [0.29, 0.717) is 51.4 Å². The lowest BCUT2D eigenvalue weighted by molar-refractivity contribution is -0.353. The molecule has 2 fully saturated rings. The highest BCUT2D eigenvalue weighted by Gasteiger charge is 2.53. The van der Waals surface area contributed by atoms with Gasteiger partial charge in [-0.15, -0.1) is 0 Å². The average molecular weight is 1210 g/mol. The largest absolute Gasteiger partial charge is 0.469 e. The van der Waals surface area contributed by atoms with Crippen molar-refractivity contribution in [3.05, 3.63) is 114 Å². The van der Waals surface area contributed by atoms with Gasteiger partial charge in [0.05, 0.1) is 66.8 Å². The van der Waals surface area contributed by atoms with Gasteiger partial charge in [0.15, 0.2) is 37.4 Å². The molecule has 29 nitrogen and oxygen atoms in total. The molecule has 0 aromatic heterocycles. The fourth-order valence-corrected chi connectivity index (χ4v) is 9.70. The van der Waals surface area contributed by atoms with Crippen molar-refractivity contribution in [2.45, 2.75) is 236 Å². The topological polar surface area (TPSA) is 397 Å². The van der Waals surface area contributed by atoms with Gasteiger partial charge in [-0.05, 0) is 105 Å². The highest BCUT2D eigenvalue weighted by atomic mass is 16.8. The monoisotopic (exact) mass is 1210 g/mol. The Morgan fingerprint density at radius 1 is 0.535 bits per heavy atom. The average Bonchev–Trinajstić information content (AvgIpc) is 1.08. The van der Waals surface area contributed by atoms with Gasteiger partial charge in [0.2, 0.25) is 0 Å². The Morgan fingerprint density at radius 2 is 0.988 bits per heavy atom. The minimum absolute atomic E-state index is 0.0146. The Balaban J connectivity index is 1.93. The quantitative estimate of drug-likeness (QED) is 0.0119. The summed E-state index contributed by atoms with van der Waals surface area (Å²) in [5, 5.41) is 41.5. The summed E-state index contributed by atoms with van der Waals surface area (Å²) in [6.45, 7) is 12.7. The number of hydrogen-bond acceptors (Lipinski definition) is 21. The number of azide groups is 4. The summed E-state index contributed by atoms with van der Waals surface area (Å²) in [6.07, 6.45) is -16.3. The second-order valence-electron chi connectivity index (χ2n) is 20.6. The molecule has 0 spiro atoms. The fourth-order valence-electron chi connectivity index (χ4n) is 9.70. The number of ether oxygens (including phenoxy) is 12. The second kappa shape index (κ2) is 40.2. The van der Waals surface area contributed by atoms with Gasteiger partial charge in [0.25, 0.3) is 0 Å². The minimum Gasteiger partial charge on any atom is -0.469 e. The molecule has 476 valence electrons. The summed E-state index contributed by atoms with van der Waals surface area (Å²) in [5.41, 5.74) is 39.8. The van der Waals surface area contributed by atoms with Crippen LogP contribution in [0.3, 0.4) is 0 Å². The molecule has 0 radical (unpaired) electrons. The summed E-state index contributed by atoms with van der Waals surface area (Å²) in [6, 6.07) is 10.7. The molecule has 29 heteroatoms. The van der Waals surface area contributed by atoms with Crippen molar-refractivity contribution in [1.82, 2.24) is 0 Å². The molecule has 2 aromatic carbocycles. The third-order valence-corrected chi connectivity index (χ3v) is 14.4. The number of aliphatic hydroxyl groups excluding tert-OH is 2. The van der Waals surface area contributed by atoms with E-state index >= 15 is 0 Å². The number of unbranched alkanes of at least 4 members (excludes halogenated alkanes) is 5. The molecule has 0 aliphatic carbocycles. The lowest BCUT2D eigenvalue weighted by Crippen LogP contribution is -2.63. The first kappa shape index (κ1) is 72.1. The number of esters is 3. The maximum Gasteiger partial charge on any atom is 0.338 e. The van der Waals surface area contributed by atoms with Crippen LogP contribution in [0.25, 0.3) is 41.8 Å². The first-order valence-electron chi connectivity index (χ1n) is 29.6. The highest BCUT2D eigenvalue weighted by molar-refractivity contribution is 5.90. The SMILES string of the molecule is CCCCOC1[C@H](N=[N+]=[N-])C(C)O[C@H](OCCCCCC(=O)OC)[C@@H]1O[C@@H](O)[C@H](OCCCC)C(O[C@H]1OC(C)[C@@H](N=[N+]=[N-])C(OCCCC)[C@H]1O[C@@H](O)[C@H](OC(=O)c1ccccc1)C(OC(=O)c1ccccc1)[C@@H](CC)N=[N+]=[N-])[C@@H](CC)N=[N+]=[N-]. The van der Waals surface area contributed by atoms with Gasteiger partial charge in [0, 0.05) is 52.5 Å². The molecule has 6 unspecified atom stereocenters. The number of carbonyl (C=O) groups excluding carboxylic acids is 3. The Bertz CT molecular complexity index is 2510. The van der Waals surface area contributed by atoms with Gasteiger partial charge < -0.3 is 67.1 Å². The van der Waals surface area contributed by atoms with Gasteiger partial charge in [-0.1, -0.05) is 117 Å². The van der Waals surface area contributed by atoms with Crippen LogP contribution < -0.4 is 0 Å². The molecule has 2 aliphatic heterocycles. The number of carbonyl (C=O) groups is 3. The van der Waals surface area contributed by atoms with E-state index in [1.54, 1.807) is 64.1 Å². The van der Waals surface area contributed by atoms with Gasteiger partial charge in [-0.25, -0.2) is 9.59 Å². The molecule has 2 aromatic rings. The molecular formula is C57H86N12O17. The third-order valence-electron chi connectivity index (χ3n) is 14.4. The van der Waals surface area contributed by atoms with Crippen molar-refractivity contribution in [3.63, 3.8) is 0 Å². The molecular weight excluding hydrogens is 1120 g/mol. The Kier molecular flexibility index (Phi) is 33.7. The number of methoxy groups -OCH3 is 1. The van der Waals surface area contributed by atoms with Gasteiger partial charge in [-0.2, -0.15) is 0 Å².